The first-order chi connectivity index (χ1) is 12.5. The van der Waals surface area contributed by atoms with E-state index in [0.29, 0.717) is 17.9 Å². The van der Waals surface area contributed by atoms with E-state index in [4.69, 9.17) is 16.3 Å². The summed E-state index contributed by atoms with van der Waals surface area (Å²) in [7, 11) is 0. The minimum atomic E-state index is -0.549. The zero-order valence-electron chi connectivity index (χ0n) is 14.4. The van der Waals surface area contributed by atoms with Gasteiger partial charge in [-0.05, 0) is 49.4 Å². The Kier molecular flexibility index (Phi) is 7.41. The Morgan fingerprint density at radius 1 is 1.15 bits per heavy atom. The van der Waals surface area contributed by atoms with Gasteiger partial charge in [-0.3, -0.25) is 14.9 Å². The summed E-state index contributed by atoms with van der Waals surface area (Å²) in [5.74, 6) is 0.472. The van der Waals surface area contributed by atoms with Crippen LogP contribution in [0.15, 0.2) is 42.5 Å². The second kappa shape index (κ2) is 9.55. The average molecular weight is 412 g/mol. The number of benzene rings is 2. The molecule has 0 radical (unpaired) electrons. The van der Waals surface area contributed by atoms with Gasteiger partial charge in [0.1, 0.15) is 5.75 Å². The normalized spacial score (nSPS) is 14.0. The predicted octanol–water partition coefficient (Wildman–Crippen LogP) is 3.90. The maximum atomic E-state index is 12.6. The van der Waals surface area contributed by atoms with Crippen LogP contribution < -0.4 is 10.1 Å². The summed E-state index contributed by atoms with van der Waals surface area (Å²) in [4.78, 5) is 24.9. The lowest BCUT2D eigenvalue weighted by molar-refractivity contribution is -0.385. The van der Waals surface area contributed by atoms with E-state index in [1.54, 1.807) is 24.3 Å². The Bertz CT molecular complexity index is 807. The van der Waals surface area contributed by atoms with E-state index in [1.807, 2.05) is 4.90 Å². The third-order valence-corrected chi connectivity index (χ3v) is 4.31. The summed E-state index contributed by atoms with van der Waals surface area (Å²) in [5.41, 5.74) is 0.347. The Labute approximate surface area is 167 Å². The number of amides is 1. The molecule has 144 valence electrons. The molecule has 1 amide bonds. The predicted molar refractivity (Wildman–Crippen MR) is 105 cm³/mol. The van der Waals surface area contributed by atoms with Crippen molar-refractivity contribution in [2.75, 3.05) is 26.2 Å². The van der Waals surface area contributed by atoms with Crippen LogP contribution in [-0.4, -0.2) is 41.9 Å². The number of hydrogen-bond donors (Lipinski definition) is 1. The third kappa shape index (κ3) is 5.32. The van der Waals surface area contributed by atoms with Crippen molar-refractivity contribution in [2.24, 2.45) is 0 Å². The number of ether oxygens (including phenoxy) is 1. The first-order valence-electron chi connectivity index (χ1n) is 8.26. The van der Waals surface area contributed by atoms with Crippen LogP contribution in [0, 0.1) is 10.1 Å². The van der Waals surface area contributed by atoms with Crippen molar-refractivity contribution in [2.45, 2.75) is 6.42 Å². The molecule has 27 heavy (non-hydrogen) atoms. The number of nitro benzene ring substituents is 1. The maximum Gasteiger partial charge on any atom is 0.313 e. The van der Waals surface area contributed by atoms with Crippen LogP contribution in [0.5, 0.6) is 11.5 Å². The highest BCUT2D eigenvalue weighted by molar-refractivity contribution is 6.30. The maximum absolute atomic E-state index is 12.6. The minimum Gasteiger partial charge on any atom is -0.450 e. The number of carbonyl (C=O) groups is 1. The van der Waals surface area contributed by atoms with Gasteiger partial charge in [0.25, 0.3) is 5.91 Å². The number of hydrogen-bond acceptors (Lipinski definition) is 5. The average Bonchev–Trinajstić information content (AvgIpc) is 2.92. The van der Waals surface area contributed by atoms with Gasteiger partial charge < -0.3 is 15.0 Å². The number of carbonyl (C=O) groups excluding carboxylic acids is 1. The van der Waals surface area contributed by atoms with E-state index in [1.165, 1.54) is 18.2 Å². The first-order valence-corrected chi connectivity index (χ1v) is 8.64. The molecule has 1 heterocycles. The number of rotatable bonds is 4. The monoisotopic (exact) mass is 411 g/mol. The molecular weight excluding hydrogens is 393 g/mol. The van der Waals surface area contributed by atoms with E-state index in [2.05, 4.69) is 5.32 Å². The molecule has 1 aliphatic heterocycles. The Balaban J connectivity index is 0.00000261. The lowest BCUT2D eigenvalue weighted by Gasteiger charge is -2.20. The molecule has 2 aromatic rings. The van der Waals surface area contributed by atoms with Crippen LogP contribution in [0.4, 0.5) is 5.69 Å². The molecule has 1 aliphatic rings. The fourth-order valence-electron chi connectivity index (χ4n) is 2.74. The molecule has 2 aromatic carbocycles. The molecule has 3 rings (SSSR count). The van der Waals surface area contributed by atoms with E-state index in [9.17, 15) is 14.9 Å². The Hall–Kier alpha value is -2.35. The SMILES string of the molecule is Cl.O=C(c1ccc(Oc2ccc(Cl)cc2[N+](=O)[O-])cc1)N1CCCNCC1. The Morgan fingerprint density at radius 2 is 1.89 bits per heavy atom. The summed E-state index contributed by atoms with van der Waals surface area (Å²) < 4.78 is 5.59. The number of nitrogens with zero attached hydrogens (tertiary/aromatic N) is 2. The number of nitrogens with one attached hydrogen (secondary N) is 1. The van der Waals surface area contributed by atoms with Crippen LogP contribution in [0.1, 0.15) is 16.8 Å². The highest BCUT2D eigenvalue weighted by atomic mass is 35.5. The molecule has 0 saturated carbocycles. The summed E-state index contributed by atoms with van der Waals surface area (Å²) in [5, 5.41) is 14.6. The van der Waals surface area contributed by atoms with Crippen molar-refractivity contribution in [1.82, 2.24) is 10.2 Å². The van der Waals surface area contributed by atoms with Gasteiger partial charge in [0, 0.05) is 36.3 Å². The minimum absolute atomic E-state index is 0. The molecule has 1 N–H and O–H groups in total. The zero-order valence-corrected chi connectivity index (χ0v) is 16.0. The third-order valence-electron chi connectivity index (χ3n) is 4.07. The lowest BCUT2D eigenvalue weighted by Crippen LogP contribution is -2.34. The molecule has 0 atom stereocenters. The zero-order chi connectivity index (χ0) is 18.5. The molecule has 0 spiro atoms. The van der Waals surface area contributed by atoms with Gasteiger partial charge in [0.15, 0.2) is 0 Å². The van der Waals surface area contributed by atoms with Crippen LogP contribution in [0.3, 0.4) is 0 Å². The molecule has 0 bridgehead atoms. The van der Waals surface area contributed by atoms with Crippen molar-refractivity contribution in [3.8, 4) is 11.5 Å². The van der Waals surface area contributed by atoms with Crippen LogP contribution in [-0.2, 0) is 0 Å². The molecule has 9 heteroatoms. The molecule has 0 aliphatic carbocycles. The molecule has 7 nitrogen and oxygen atoms in total. The van der Waals surface area contributed by atoms with E-state index in [-0.39, 0.29) is 34.8 Å². The second-order valence-corrected chi connectivity index (χ2v) is 6.33. The van der Waals surface area contributed by atoms with Crippen molar-refractivity contribution < 1.29 is 14.5 Å². The fourth-order valence-corrected chi connectivity index (χ4v) is 2.91. The summed E-state index contributed by atoms with van der Waals surface area (Å²) >= 11 is 5.80. The topological polar surface area (TPSA) is 84.7 Å². The number of halogens is 2. The molecule has 1 saturated heterocycles. The summed E-state index contributed by atoms with van der Waals surface area (Å²) in [6, 6.07) is 10.8. The van der Waals surface area contributed by atoms with Crippen LogP contribution >= 0.6 is 24.0 Å². The van der Waals surface area contributed by atoms with Crippen LogP contribution in [0.25, 0.3) is 0 Å². The molecular formula is C18H19Cl2N3O4. The Morgan fingerprint density at radius 3 is 2.59 bits per heavy atom. The standard InChI is InChI=1S/C18H18ClN3O4.ClH/c19-14-4-7-17(16(12-14)22(24)25)26-15-5-2-13(3-6-15)18(23)21-10-1-8-20-9-11-21;/h2-7,12,20H,1,8-11H2;1H. The summed E-state index contributed by atoms with van der Waals surface area (Å²) in [6.45, 7) is 3.10. The van der Waals surface area contributed by atoms with Crippen LogP contribution in [0.2, 0.25) is 5.02 Å². The first kappa shape index (κ1) is 21.0. The second-order valence-electron chi connectivity index (χ2n) is 5.89. The van der Waals surface area contributed by atoms with Gasteiger partial charge >= 0.3 is 5.69 Å². The van der Waals surface area contributed by atoms with Gasteiger partial charge in [-0.2, -0.15) is 0 Å². The van der Waals surface area contributed by atoms with Gasteiger partial charge in [-0.15, -0.1) is 12.4 Å². The van der Waals surface area contributed by atoms with Crippen molar-refractivity contribution in [1.29, 1.82) is 0 Å². The van der Waals surface area contributed by atoms with E-state index < -0.39 is 4.92 Å². The quantitative estimate of drug-likeness (QED) is 0.608. The highest BCUT2D eigenvalue weighted by Crippen LogP contribution is 2.33. The molecule has 1 fully saturated rings. The molecule has 0 unspecified atom stereocenters. The van der Waals surface area contributed by atoms with Gasteiger partial charge in [0.2, 0.25) is 5.75 Å². The van der Waals surface area contributed by atoms with Crippen molar-refractivity contribution in [3.63, 3.8) is 0 Å². The van der Waals surface area contributed by atoms with Crippen molar-refractivity contribution >= 4 is 35.6 Å². The van der Waals surface area contributed by atoms with E-state index in [0.717, 1.165) is 26.1 Å². The lowest BCUT2D eigenvalue weighted by atomic mass is 10.2. The smallest absolute Gasteiger partial charge is 0.313 e. The van der Waals surface area contributed by atoms with Gasteiger partial charge in [0.05, 0.1) is 4.92 Å². The summed E-state index contributed by atoms with van der Waals surface area (Å²) in [6.07, 6.45) is 0.924. The van der Waals surface area contributed by atoms with Crippen molar-refractivity contribution in [3.05, 3.63) is 63.2 Å². The highest BCUT2D eigenvalue weighted by Gasteiger charge is 2.19. The van der Waals surface area contributed by atoms with Gasteiger partial charge in [-0.25, -0.2) is 0 Å². The molecule has 0 aromatic heterocycles. The number of nitro groups is 1. The van der Waals surface area contributed by atoms with Gasteiger partial charge in [-0.1, -0.05) is 11.6 Å². The largest absolute Gasteiger partial charge is 0.450 e. The fraction of sp³-hybridized carbons (Fsp3) is 0.278. The van der Waals surface area contributed by atoms with E-state index >= 15 is 0 Å².